The molecule has 10 aromatic rings. The fourth-order valence-corrected chi connectivity index (χ4v) is 8.63. The van der Waals surface area contributed by atoms with E-state index < -0.39 is 0 Å². The smallest absolute Gasteiger partial charge is 0.0626 e. The summed E-state index contributed by atoms with van der Waals surface area (Å²) in [5, 5.41) is 10.5. The molecule has 0 fully saturated rings. The molecule has 9 aromatic carbocycles. The van der Waals surface area contributed by atoms with Crippen molar-refractivity contribution in [2.75, 3.05) is 0 Å². The maximum absolute atomic E-state index is 2.55. The molecule has 1 nitrogen and oxygen atoms in total. The molecule has 0 unspecified atom stereocenters. The highest BCUT2D eigenvalue weighted by molar-refractivity contribution is 6.38. The summed E-state index contributed by atoms with van der Waals surface area (Å²) in [6.45, 7) is 0. The van der Waals surface area contributed by atoms with Gasteiger partial charge in [-0.15, -0.1) is 0 Å². The molecule has 0 atom stereocenters. The van der Waals surface area contributed by atoms with Crippen LogP contribution in [0.2, 0.25) is 0 Å². The molecule has 0 saturated carbocycles. The average molecular weight is 620 g/mol. The monoisotopic (exact) mass is 619 g/mol. The fraction of sp³-hybridized carbons (Fsp3) is 0. The third kappa shape index (κ3) is 3.70. The third-order valence-corrected chi connectivity index (χ3v) is 10.7. The topological polar surface area (TPSA) is 4.93 Å². The lowest BCUT2D eigenvalue weighted by Crippen LogP contribution is -1.96. The molecule has 1 aromatic heterocycles. The van der Waals surface area contributed by atoms with E-state index in [0.29, 0.717) is 0 Å². The largest absolute Gasteiger partial charge is 0.309 e. The summed E-state index contributed by atoms with van der Waals surface area (Å²) < 4.78 is 2.55. The second-order valence-electron chi connectivity index (χ2n) is 13.2. The van der Waals surface area contributed by atoms with Crippen molar-refractivity contribution < 1.29 is 0 Å². The number of nitrogens with zero attached hydrogens (tertiary/aromatic N) is 1. The SMILES string of the molecule is c1ccc(-c2cccc(-c3cccc(-n4c5cc6c7c(cccc7c5c5c7ccccc7c7ccccc7c54)-c4ccccc4-6)c3)c2)cc1. The van der Waals surface area contributed by atoms with Crippen LogP contribution in [0.1, 0.15) is 0 Å². The molecular weight excluding hydrogens is 591 g/mol. The molecule has 0 N–H and O–H groups in total. The van der Waals surface area contributed by atoms with Gasteiger partial charge in [-0.05, 0) is 95.7 Å². The zero-order valence-corrected chi connectivity index (χ0v) is 26.7. The summed E-state index contributed by atoms with van der Waals surface area (Å²) in [5.74, 6) is 0. The Bertz CT molecular complexity index is 2980. The standard InChI is InChI=1S/C48H29N/c1-2-13-30(14-3-1)31-15-10-16-32(27-31)33-17-11-18-34(28-33)49-44-29-43-38-22-5-4-20-36(38)39-25-12-26-42(45(39)43)46(44)47-40-23-8-6-19-35(40)37-21-7-9-24-41(37)48(47)49/h1-29H. The van der Waals surface area contributed by atoms with Crippen LogP contribution < -0.4 is 0 Å². The van der Waals surface area contributed by atoms with Crippen LogP contribution in [0.25, 0.3) is 104 Å². The predicted octanol–water partition coefficient (Wildman–Crippen LogP) is 13.2. The molecule has 11 rings (SSSR count). The predicted molar refractivity (Wildman–Crippen MR) is 209 cm³/mol. The van der Waals surface area contributed by atoms with E-state index >= 15 is 0 Å². The second kappa shape index (κ2) is 10.0. The van der Waals surface area contributed by atoms with Gasteiger partial charge >= 0.3 is 0 Å². The summed E-state index contributed by atoms with van der Waals surface area (Å²) in [6, 6.07) is 64.8. The van der Waals surface area contributed by atoms with Crippen LogP contribution in [0.5, 0.6) is 0 Å². The minimum atomic E-state index is 1.16. The van der Waals surface area contributed by atoms with Gasteiger partial charge < -0.3 is 4.57 Å². The molecule has 0 aliphatic heterocycles. The second-order valence-corrected chi connectivity index (χ2v) is 13.2. The Balaban J connectivity index is 1.29. The van der Waals surface area contributed by atoms with Crippen molar-refractivity contribution >= 4 is 54.1 Å². The van der Waals surface area contributed by atoms with Gasteiger partial charge in [0.2, 0.25) is 0 Å². The molecule has 0 radical (unpaired) electrons. The molecule has 226 valence electrons. The first-order valence-corrected chi connectivity index (χ1v) is 17.0. The van der Waals surface area contributed by atoms with E-state index in [1.807, 2.05) is 0 Å². The van der Waals surface area contributed by atoms with Crippen LogP contribution in [0, 0.1) is 0 Å². The molecule has 1 aliphatic rings. The van der Waals surface area contributed by atoms with E-state index in [9.17, 15) is 0 Å². The van der Waals surface area contributed by atoms with E-state index in [0.717, 1.165) is 5.69 Å². The number of hydrogen-bond donors (Lipinski definition) is 0. The Morgan fingerprint density at radius 2 is 0.816 bits per heavy atom. The normalized spacial score (nSPS) is 12.1. The highest BCUT2D eigenvalue weighted by Crippen LogP contribution is 2.52. The van der Waals surface area contributed by atoms with Gasteiger partial charge in [0.15, 0.2) is 0 Å². The van der Waals surface area contributed by atoms with Crippen LogP contribution in [0.3, 0.4) is 0 Å². The molecule has 0 bridgehead atoms. The fourth-order valence-electron chi connectivity index (χ4n) is 8.63. The zero-order valence-electron chi connectivity index (χ0n) is 26.7. The van der Waals surface area contributed by atoms with Crippen molar-refractivity contribution in [2.45, 2.75) is 0 Å². The molecule has 0 amide bonds. The molecule has 1 heterocycles. The van der Waals surface area contributed by atoms with Crippen LogP contribution >= 0.6 is 0 Å². The minimum absolute atomic E-state index is 1.16. The van der Waals surface area contributed by atoms with Crippen molar-refractivity contribution in [3.8, 4) is 50.2 Å². The Labute approximate surface area is 283 Å². The lowest BCUT2D eigenvalue weighted by Gasteiger charge is -2.14. The summed E-state index contributed by atoms with van der Waals surface area (Å²) in [6.07, 6.45) is 0. The number of benzene rings is 9. The Morgan fingerprint density at radius 3 is 1.61 bits per heavy atom. The molecule has 1 heteroatoms. The summed E-state index contributed by atoms with van der Waals surface area (Å²) >= 11 is 0. The van der Waals surface area contributed by atoms with Crippen molar-refractivity contribution in [1.29, 1.82) is 0 Å². The molecule has 0 spiro atoms. The summed E-state index contributed by atoms with van der Waals surface area (Å²) in [7, 11) is 0. The zero-order chi connectivity index (χ0) is 32.1. The van der Waals surface area contributed by atoms with Crippen molar-refractivity contribution in [3.63, 3.8) is 0 Å². The van der Waals surface area contributed by atoms with Gasteiger partial charge in [-0.25, -0.2) is 0 Å². The highest BCUT2D eigenvalue weighted by atomic mass is 15.0. The van der Waals surface area contributed by atoms with Crippen molar-refractivity contribution in [1.82, 2.24) is 4.57 Å². The van der Waals surface area contributed by atoms with Gasteiger partial charge in [-0.3, -0.25) is 0 Å². The van der Waals surface area contributed by atoms with Gasteiger partial charge in [-0.1, -0.05) is 152 Å². The maximum Gasteiger partial charge on any atom is 0.0626 e. The Kier molecular flexibility index (Phi) is 5.45. The van der Waals surface area contributed by atoms with Gasteiger partial charge in [0.1, 0.15) is 0 Å². The number of fused-ring (bicyclic) bond motifs is 12. The lowest BCUT2D eigenvalue weighted by molar-refractivity contribution is 1.19. The molecule has 1 aliphatic carbocycles. The average Bonchev–Trinajstić information content (AvgIpc) is 3.70. The van der Waals surface area contributed by atoms with Crippen LogP contribution in [0.15, 0.2) is 176 Å². The van der Waals surface area contributed by atoms with E-state index in [1.165, 1.54) is 98.6 Å². The van der Waals surface area contributed by atoms with Crippen LogP contribution in [-0.4, -0.2) is 4.57 Å². The van der Waals surface area contributed by atoms with E-state index in [1.54, 1.807) is 0 Å². The Hall–Kier alpha value is -6.44. The minimum Gasteiger partial charge on any atom is -0.309 e. The molecule has 0 saturated heterocycles. The number of hydrogen-bond acceptors (Lipinski definition) is 0. The first-order valence-electron chi connectivity index (χ1n) is 17.0. The van der Waals surface area contributed by atoms with Gasteiger partial charge in [0.05, 0.1) is 11.0 Å². The highest BCUT2D eigenvalue weighted by Gasteiger charge is 2.27. The summed E-state index contributed by atoms with van der Waals surface area (Å²) in [5.41, 5.74) is 13.8. The first-order chi connectivity index (χ1) is 24.3. The van der Waals surface area contributed by atoms with E-state index in [2.05, 4.69) is 180 Å². The number of rotatable bonds is 3. The quantitative estimate of drug-likeness (QED) is 0.173. The van der Waals surface area contributed by atoms with Gasteiger partial charge in [0.25, 0.3) is 0 Å². The first kappa shape index (κ1) is 26.6. The van der Waals surface area contributed by atoms with E-state index in [4.69, 9.17) is 0 Å². The van der Waals surface area contributed by atoms with Gasteiger partial charge in [0, 0.05) is 21.8 Å². The van der Waals surface area contributed by atoms with Crippen molar-refractivity contribution in [2.24, 2.45) is 0 Å². The molecular formula is C48H29N. The number of aromatic nitrogens is 1. The Morgan fingerprint density at radius 1 is 0.286 bits per heavy atom. The van der Waals surface area contributed by atoms with Gasteiger partial charge in [-0.2, -0.15) is 0 Å². The third-order valence-electron chi connectivity index (χ3n) is 10.7. The van der Waals surface area contributed by atoms with E-state index in [-0.39, 0.29) is 0 Å². The summed E-state index contributed by atoms with van der Waals surface area (Å²) in [4.78, 5) is 0. The van der Waals surface area contributed by atoms with Crippen LogP contribution in [0.4, 0.5) is 0 Å². The maximum atomic E-state index is 2.55. The lowest BCUT2D eigenvalue weighted by atomic mass is 9.94. The molecule has 49 heavy (non-hydrogen) atoms. The van der Waals surface area contributed by atoms with Crippen molar-refractivity contribution in [3.05, 3.63) is 176 Å². The van der Waals surface area contributed by atoms with Crippen LogP contribution in [-0.2, 0) is 0 Å².